The summed E-state index contributed by atoms with van der Waals surface area (Å²) in [6.45, 7) is 3.65. The molecule has 1 atom stereocenters. The Bertz CT molecular complexity index is 1370. The summed E-state index contributed by atoms with van der Waals surface area (Å²) in [5.74, 6) is 0.427. The molecule has 1 aliphatic heterocycles. The average Bonchev–Trinajstić information content (AvgIpc) is 3.51. The first-order valence-electron chi connectivity index (χ1n) is 12.3. The Balaban J connectivity index is 1.50. The van der Waals surface area contributed by atoms with Gasteiger partial charge in [0.05, 0.1) is 23.9 Å². The zero-order chi connectivity index (χ0) is 25.1. The molecule has 0 radical (unpaired) electrons. The van der Waals surface area contributed by atoms with Crippen LogP contribution in [0.5, 0.6) is 6.01 Å². The number of rotatable bonds is 8. The van der Waals surface area contributed by atoms with E-state index in [1.807, 2.05) is 49.4 Å². The van der Waals surface area contributed by atoms with Gasteiger partial charge >= 0.3 is 6.01 Å². The summed E-state index contributed by atoms with van der Waals surface area (Å²) in [6, 6.07) is 16.2. The van der Waals surface area contributed by atoms with Crippen LogP contribution in [0.3, 0.4) is 0 Å². The summed E-state index contributed by atoms with van der Waals surface area (Å²) in [4.78, 5) is 24.0. The third-order valence-corrected chi connectivity index (χ3v) is 6.74. The summed E-state index contributed by atoms with van der Waals surface area (Å²) in [6.07, 6.45) is 5.09. The van der Waals surface area contributed by atoms with Crippen LogP contribution in [-0.4, -0.2) is 63.8 Å². The quantitative estimate of drug-likeness (QED) is 0.388. The molecule has 4 aromatic rings. The molecule has 0 spiro atoms. The van der Waals surface area contributed by atoms with Crippen LogP contribution in [0, 0.1) is 6.92 Å². The van der Waals surface area contributed by atoms with Gasteiger partial charge in [0.1, 0.15) is 5.82 Å². The average molecular weight is 486 g/mol. The number of carbonyl (C=O) groups is 1. The van der Waals surface area contributed by atoms with Gasteiger partial charge in [-0.3, -0.25) is 4.79 Å². The molecule has 36 heavy (non-hydrogen) atoms. The fourth-order valence-corrected chi connectivity index (χ4v) is 4.61. The monoisotopic (exact) mass is 485 g/mol. The number of aromatic nitrogens is 4. The van der Waals surface area contributed by atoms with Gasteiger partial charge in [-0.1, -0.05) is 24.3 Å². The summed E-state index contributed by atoms with van der Waals surface area (Å²) in [7, 11) is 3.78. The van der Waals surface area contributed by atoms with Crippen molar-refractivity contribution in [1.29, 1.82) is 0 Å². The summed E-state index contributed by atoms with van der Waals surface area (Å²) in [5, 5.41) is 11.4. The molecule has 9 heteroatoms. The van der Waals surface area contributed by atoms with Gasteiger partial charge in [-0.15, -0.1) is 0 Å². The van der Waals surface area contributed by atoms with Gasteiger partial charge in [0.2, 0.25) is 0 Å². The first kappa shape index (κ1) is 23.7. The van der Waals surface area contributed by atoms with E-state index < -0.39 is 0 Å². The maximum absolute atomic E-state index is 12.2. The number of likely N-dealkylation sites (tertiary alicyclic amines) is 1. The number of anilines is 2. The van der Waals surface area contributed by atoms with Gasteiger partial charge in [0.15, 0.2) is 5.65 Å². The predicted octanol–water partition coefficient (Wildman–Crippen LogP) is 4.09. The number of carbonyl (C=O) groups excluding carboxylic acids is 1. The lowest BCUT2D eigenvalue weighted by Crippen LogP contribution is -2.26. The minimum Gasteiger partial charge on any atom is -0.463 e. The molecule has 3 heterocycles. The molecule has 2 aromatic heterocycles. The molecule has 1 amide bonds. The van der Waals surface area contributed by atoms with Crippen molar-refractivity contribution in [3.63, 3.8) is 0 Å². The van der Waals surface area contributed by atoms with Crippen molar-refractivity contribution in [2.75, 3.05) is 32.6 Å². The number of hydrogen-bond acceptors (Lipinski definition) is 7. The number of amides is 1. The lowest BCUT2D eigenvalue weighted by Gasteiger charge is -2.19. The molecule has 1 aliphatic rings. The molecule has 9 nitrogen and oxygen atoms in total. The smallest absolute Gasteiger partial charge is 0.320 e. The maximum Gasteiger partial charge on any atom is 0.320 e. The van der Waals surface area contributed by atoms with Crippen molar-refractivity contribution >= 4 is 28.4 Å². The molecular weight excluding hydrogens is 454 g/mol. The van der Waals surface area contributed by atoms with E-state index >= 15 is 0 Å². The van der Waals surface area contributed by atoms with E-state index in [0.717, 1.165) is 35.3 Å². The molecule has 0 aliphatic carbocycles. The highest BCUT2D eigenvalue weighted by molar-refractivity contribution is 5.96. The third-order valence-electron chi connectivity index (χ3n) is 6.74. The van der Waals surface area contributed by atoms with Gasteiger partial charge in [-0.2, -0.15) is 15.1 Å². The van der Waals surface area contributed by atoms with Crippen LogP contribution in [0.4, 0.5) is 11.5 Å². The van der Waals surface area contributed by atoms with Crippen LogP contribution in [0.25, 0.3) is 16.7 Å². The second-order valence-electron chi connectivity index (χ2n) is 9.13. The maximum atomic E-state index is 12.2. The second-order valence-corrected chi connectivity index (χ2v) is 9.13. The van der Waals surface area contributed by atoms with Crippen LogP contribution in [0.2, 0.25) is 0 Å². The minimum absolute atomic E-state index is 0.149. The van der Waals surface area contributed by atoms with Gasteiger partial charge < -0.3 is 20.3 Å². The highest BCUT2D eigenvalue weighted by Gasteiger charge is 2.21. The number of aryl methyl sites for hydroxylation is 1. The van der Waals surface area contributed by atoms with Gasteiger partial charge in [-0.05, 0) is 69.6 Å². The molecule has 1 saturated heterocycles. The van der Waals surface area contributed by atoms with Crippen LogP contribution < -0.4 is 15.4 Å². The summed E-state index contributed by atoms with van der Waals surface area (Å²) in [5.41, 5.74) is 3.87. The molecule has 2 N–H and O–H groups in total. The van der Waals surface area contributed by atoms with Crippen molar-refractivity contribution in [2.24, 2.45) is 0 Å². The highest BCUT2D eigenvalue weighted by Crippen LogP contribution is 2.29. The Hall–Kier alpha value is -3.98. The van der Waals surface area contributed by atoms with E-state index in [2.05, 4.69) is 27.7 Å². The van der Waals surface area contributed by atoms with Crippen LogP contribution in [0.15, 0.2) is 54.7 Å². The van der Waals surface area contributed by atoms with Gasteiger partial charge in [-0.25, -0.2) is 4.68 Å². The first-order valence-corrected chi connectivity index (χ1v) is 12.3. The Labute approximate surface area is 210 Å². The van der Waals surface area contributed by atoms with Crippen LogP contribution in [-0.2, 0) is 0 Å². The SMILES string of the molecule is CNC(=O)c1ccc(C)c(Nc2nc(OCCC3CCCN3C)nc3c2cnn3-c2ccccc2)c1. The van der Waals surface area contributed by atoms with E-state index in [0.29, 0.717) is 35.7 Å². The fraction of sp³-hybridized carbons (Fsp3) is 0.333. The largest absolute Gasteiger partial charge is 0.463 e. The highest BCUT2D eigenvalue weighted by atomic mass is 16.5. The number of ether oxygens (including phenoxy) is 1. The minimum atomic E-state index is -0.149. The number of benzene rings is 2. The zero-order valence-electron chi connectivity index (χ0n) is 20.9. The van der Waals surface area contributed by atoms with Gasteiger partial charge in [0.25, 0.3) is 5.91 Å². The Morgan fingerprint density at radius 2 is 2.00 bits per heavy atom. The van der Waals surface area contributed by atoms with Crippen LogP contribution >= 0.6 is 0 Å². The number of hydrogen-bond donors (Lipinski definition) is 2. The topological polar surface area (TPSA) is 97.2 Å². The molecule has 186 valence electrons. The normalized spacial score (nSPS) is 15.8. The van der Waals surface area contributed by atoms with E-state index in [9.17, 15) is 4.79 Å². The van der Waals surface area contributed by atoms with E-state index in [4.69, 9.17) is 14.7 Å². The van der Waals surface area contributed by atoms with E-state index in [-0.39, 0.29) is 5.91 Å². The first-order chi connectivity index (χ1) is 17.5. The molecule has 0 bridgehead atoms. The van der Waals surface area contributed by atoms with Crippen molar-refractivity contribution < 1.29 is 9.53 Å². The zero-order valence-corrected chi connectivity index (χ0v) is 20.9. The Morgan fingerprint density at radius 1 is 1.17 bits per heavy atom. The molecule has 1 fully saturated rings. The number of para-hydroxylation sites is 1. The molecule has 0 saturated carbocycles. The van der Waals surface area contributed by atoms with Crippen molar-refractivity contribution in [1.82, 2.24) is 30.0 Å². The molecule has 2 aromatic carbocycles. The molecule has 5 rings (SSSR count). The summed E-state index contributed by atoms with van der Waals surface area (Å²) >= 11 is 0. The lowest BCUT2D eigenvalue weighted by atomic mass is 10.1. The lowest BCUT2D eigenvalue weighted by molar-refractivity contribution is 0.0963. The van der Waals surface area contributed by atoms with Crippen molar-refractivity contribution in [3.8, 4) is 11.7 Å². The fourth-order valence-electron chi connectivity index (χ4n) is 4.61. The summed E-state index contributed by atoms with van der Waals surface area (Å²) < 4.78 is 7.86. The number of nitrogens with zero attached hydrogens (tertiary/aromatic N) is 5. The Morgan fingerprint density at radius 3 is 2.75 bits per heavy atom. The molecular formula is C27H31N7O2. The Kier molecular flexibility index (Phi) is 6.81. The van der Waals surface area contributed by atoms with Crippen molar-refractivity contribution in [3.05, 3.63) is 65.9 Å². The predicted molar refractivity (Wildman–Crippen MR) is 140 cm³/mol. The number of nitrogens with one attached hydrogen (secondary N) is 2. The second kappa shape index (κ2) is 10.3. The van der Waals surface area contributed by atoms with E-state index in [1.165, 1.54) is 12.8 Å². The van der Waals surface area contributed by atoms with Crippen molar-refractivity contribution in [2.45, 2.75) is 32.2 Å². The standard InChI is InChI=1S/C27H31N7O2/c1-18-11-12-19(26(35)28-2)16-23(18)30-24-22-17-29-34(21-8-5-4-6-9-21)25(22)32-27(31-24)36-15-13-20-10-7-14-33(20)3/h4-6,8-9,11-12,16-17,20H,7,10,13-15H2,1-3H3,(H,28,35)(H,30,31,32). The third kappa shape index (κ3) is 4.87. The van der Waals surface area contributed by atoms with Gasteiger partial charge in [0, 0.05) is 24.3 Å². The number of fused-ring (bicyclic) bond motifs is 1. The molecule has 1 unspecified atom stereocenters. The van der Waals surface area contributed by atoms with Crippen LogP contribution in [0.1, 0.15) is 35.2 Å². The van der Waals surface area contributed by atoms with E-state index in [1.54, 1.807) is 24.0 Å².